The molecule has 6 heteroatoms. The van der Waals surface area contributed by atoms with Gasteiger partial charge in [0.2, 0.25) is 0 Å². The van der Waals surface area contributed by atoms with E-state index in [0.29, 0.717) is 0 Å². The lowest BCUT2D eigenvalue weighted by Crippen LogP contribution is -2.41. The first-order chi connectivity index (χ1) is 5.49. The molecule has 1 amide bonds. The van der Waals surface area contributed by atoms with Gasteiger partial charge >= 0.3 is 5.97 Å². The molecule has 12 heavy (non-hydrogen) atoms. The Balaban J connectivity index is 4.11. The number of hydrogen-bond acceptors (Lipinski definition) is 4. The van der Waals surface area contributed by atoms with Gasteiger partial charge < -0.3 is 15.6 Å². The summed E-state index contributed by atoms with van der Waals surface area (Å²) in [6.45, 7) is 2.58. The third kappa shape index (κ3) is 3.00. The van der Waals surface area contributed by atoms with Crippen LogP contribution in [-0.2, 0) is 9.59 Å². The minimum atomic E-state index is -1.14. The first kappa shape index (κ1) is 10.4. The van der Waals surface area contributed by atoms with E-state index in [9.17, 15) is 9.59 Å². The fraction of sp³-hybridized carbons (Fsp3) is 0.500. The number of carbonyl (C=O) groups is 2. The first-order valence-corrected chi connectivity index (χ1v) is 3.21. The Bertz CT molecular complexity index is 224. The van der Waals surface area contributed by atoms with Crippen LogP contribution in [0.4, 0.5) is 0 Å². The van der Waals surface area contributed by atoms with Crippen molar-refractivity contribution in [2.75, 3.05) is 0 Å². The molecule has 0 aromatic carbocycles. The van der Waals surface area contributed by atoms with Gasteiger partial charge in [0.25, 0.3) is 5.91 Å². The van der Waals surface area contributed by atoms with Crippen LogP contribution in [0.5, 0.6) is 0 Å². The maximum atomic E-state index is 10.8. The molecule has 0 saturated heterocycles. The van der Waals surface area contributed by atoms with Gasteiger partial charge in [-0.1, -0.05) is 5.16 Å². The number of amides is 1. The van der Waals surface area contributed by atoms with E-state index >= 15 is 0 Å². The van der Waals surface area contributed by atoms with Crippen LogP contribution >= 0.6 is 0 Å². The summed E-state index contributed by atoms with van der Waals surface area (Å²) >= 11 is 0. The molecule has 0 aliphatic rings. The maximum absolute atomic E-state index is 10.8. The van der Waals surface area contributed by atoms with Crippen molar-refractivity contribution in [3.05, 3.63) is 0 Å². The summed E-state index contributed by atoms with van der Waals surface area (Å²) in [7, 11) is 0. The molecule has 0 aromatic rings. The molecule has 0 saturated carbocycles. The Morgan fingerprint density at radius 3 is 2.33 bits per heavy atom. The fourth-order valence-corrected chi connectivity index (χ4v) is 0.408. The maximum Gasteiger partial charge on any atom is 0.325 e. The molecule has 0 fully saturated rings. The predicted octanol–water partition coefficient (Wildman–Crippen LogP) is -0.574. The summed E-state index contributed by atoms with van der Waals surface area (Å²) in [5.41, 5.74) is -0.178. The van der Waals surface area contributed by atoms with Crippen molar-refractivity contribution in [3.8, 4) is 0 Å². The van der Waals surface area contributed by atoms with Crippen molar-refractivity contribution in [1.82, 2.24) is 5.32 Å². The van der Waals surface area contributed by atoms with E-state index in [1.165, 1.54) is 13.8 Å². The van der Waals surface area contributed by atoms with E-state index in [4.69, 9.17) is 10.3 Å². The summed E-state index contributed by atoms with van der Waals surface area (Å²) in [6, 6.07) is -0.991. The number of carboxylic acid groups (broad SMARTS) is 1. The predicted molar refractivity (Wildman–Crippen MR) is 40.1 cm³/mol. The first-order valence-electron chi connectivity index (χ1n) is 3.21. The number of nitrogens with one attached hydrogen (secondary N) is 1. The molecule has 6 nitrogen and oxygen atoms in total. The van der Waals surface area contributed by atoms with Crippen LogP contribution in [0.25, 0.3) is 0 Å². The molecule has 0 radical (unpaired) electrons. The third-order valence-corrected chi connectivity index (χ3v) is 1.20. The van der Waals surface area contributed by atoms with Crippen molar-refractivity contribution in [1.29, 1.82) is 0 Å². The summed E-state index contributed by atoms with van der Waals surface area (Å²) < 4.78 is 0. The smallest absolute Gasteiger partial charge is 0.325 e. The van der Waals surface area contributed by atoms with E-state index in [1.807, 2.05) is 0 Å². The number of nitrogens with zero attached hydrogens (tertiary/aromatic N) is 1. The van der Waals surface area contributed by atoms with Crippen LogP contribution in [0.15, 0.2) is 5.16 Å². The van der Waals surface area contributed by atoms with Gasteiger partial charge in [0, 0.05) is 0 Å². The average molecular weight is 174 g/mol. The molecule has 0 aromatic heterocycles. The van der Waals surface area contributed by atoms with E-state index in [0.717, 1.165) is 0 Å². The van der Waals surface area contributed by atoms with Crippen molar-refractivity contribution < 1.29 is 19.9 Å². The van der Waals surface area contributed by atoms with Crippen LogP contribution < -0.4 is 5.32 Å². The van der Waals surface area contributed by atoms with Gasteiger partial charge in [0.15, 0.2) is 0 Å². The number of carboxylic acids is 1. The normalized spacial score (nSPS) is 13.7. The zero-order valence-electron chi connectivity index (χ0n) is 6.74. The molecule has 3 N–H and O–H groups in total. The topological polar surface area (TPSA) is 99.0 Å². The third-order valence-electron chi connectivity index (χ3n) is 1.20. The van der Waals surface area contributed by atoms with Crippen molar-refractivity contribution in [2.45, 2.75) is 19.9 Å². The molecule has 1 atom stereocenters. The zero-order chi connectivity index (χ0) is 9.72. The molecule has 0 heterocycles. The van der Waals surface area contributed by atoms with Crippen LogP contribution in [-0.4, -0.2) is 33.9 Å². The lowest BCUT2D eigenvalue weighted by atomic mass is 10.3. The number of aliphatic carboxylic acids is 1. The van der Waals surface area contributed by atoms with Gasteiger partial charge in [-0.3, -0.25) is 9.59 Å². The molecule has 0 spiro atoms. The molecular weight excluding hydrogens is 164 g/mol. The molecule has 0 bridgehead atoms. The molecule has 1 unspecified atom stereocenters. The monoisotopic (exact) mass is 174 g/mol. The lowest BCUT2D eigenvalue weighted by Gasteiger charge is -2.07. The number of carbonyl (C=O) groups excluding carboxylic acids is 1. The lowest BCUT2D eigenvalue weighted by molar-refractivity contribution is -0.140. The second kappa shape index (κ2) is 4.32. The summed E-state index contributed by atoms with van der Waals surface area (Å²) in [5.74, 6) is -1.85. The van der Waals surface area contributed by atoms with Crippen molar-refractivity contribution in [3.63, 3.8) is 0 Å². The standard InChI is InChI=1S/C6H10N2O4/c1-3(8-12)5(9)7-4(2)6(10)11/h4,12H,1-2H3,(H,7,9)(H,10,11)/b8-3+. The van der Waals surface area contributed by atoms with Gasteiger partial charge in [-0.2, -0.15) is 0 Å². The van der Waals surface area contributed by atoms with Crippen molar-refractivity contribution in [2.24, 2.45) is 5.16 Å². The number of rotatable bonds is 3. The highest BCUT2D eigenvalue weighted by molar-refractivity contribution is 6.38. The minimum Gasteiger partial charge on any atom is -0.480 e. The number of oxime groups is 1. The highest BCUT2D eigenvalue weighted by Crippen LogP contribution is 1.83. The fourth-order valence-electron chi connectivity index (χ4n) is 0.408. The Hall–Kier alpha value is -1.59. The Morgan fingerprint density at radius 2 is 2.00 bits per heavy atom. The highest BCUT2D eigenvalue weighted by Gasteiger charge is 2.15. The molecule has 0 aliphatic carbocycles. The van der Waals surface area contributed by atoms with E-state index in [2.05, 4.69) is 10.5 Å². The van der Waals surface area contributed by atoms with Crippen LogP contribution in [0, 0.1) is 0 Å². The van der Waals surface area contributed by atoms with Gasteiger partial charge in [-0.15, -0.1) is 0 Å². The van der Waals surface area contributed by atoms with Gasteiger partial charge in [0.1, 0.15) is 11.8 Å². The summed E-state index contributed by atoms with van der Waals surface area (Å²) in [6.07, 6.45) is 0. The van der Waals surface area contributed by atoms with Crippen LogP contribution in [0.1, 0.15) is 13.8 Å². The molecule has 0 rings (SSSR count). The summed E-state index contributed by atoms with van der Waals surface area (Å²) in [5, 5.41) is 21.2. The largest absolute Gasteiger partial charge is 0.480 e. The minimum absolute atomic E-state index is 0.178. The van der Waals surface area contributed by atoms with E-state index < -0.39 is 17.9 Å². The zero-order valence-corrected chi connectivity index (χ0v) is 6.74. The molecular formula is C6H10N2O4. The second-order valence-corrected chi connectivity index (χ2v) is 2.22. The Kier molecular flexibility index (Phi) is 3.75. The molecule has 68 valence electrons. The summed E-state index contributed by atoms with van der Waals surface area (Å²) in [4.78, 5) is 21.1. The van der Waals surface area contributed by atoms with Gasteiger partial charge in [0.05, 0.1) is 0 Å². The van der Waals surface area contributed by atoms with Crippen molar-refractivity contribution >= 4 is 17.6 Å². The van der Waals surface area contributed by atoms with Gasteiger partial charge in [-0.25, -0.2) is 0 Å². The molecule has 0 aliphatic heterocycles. The highest BCUT2D eigenvalue weighted by atomic mass is 16.4. The SMILES string of the molecule is C/C(=N\O)C(=O)NC(C)C(=O)O. The van der Waals surface area contributed by atoms with E-state index in [1.54, 1.807) is 0 Å². The van der Waals surface area contributed by atoms with Crippen LogP contribution in [0.3, 0.4) is 0 Å². The average Bonchev–Trinajstić information content (AvgIpc) is 2.02. The quantitative estimate of drug-likeness (QED) is 0.303. The number of hydrogen-bond donors (Lipinski definition) is 3. The van der Waals surface area contributed by atoms with Crippen LogP contribution in [0.2, 0.25) is 0 Å². The van der Waals surface area contributed by atoms with Gasteiger partial charge in [-0.05, 0) is 13.8 Å². The second-order valence-electron chi connectivity index (χ2n) is 2.22. The Morgan fingerprint density at radius 1 is 1.50 bits per heavy atom. The van der Waals surface area contributed by atoms with E-state index in [-0.39, 0.29) is 5.71 Å². The Labute approximate surface area is 68.9 Å².